The maximum absolute atomic E-state index is 13.2. The van der Waals surface area contributed by atoms with Gasteiger partial charge in [-0.3, -0.25) is 4.79 Å². The first-order valence-corrected chi connectivity index (χ1v) is 12.8. The average molecular weight is 508 g/mol. The fourth-order valence-electron chi connectivity index (χ4n) is 3.45. The Morgan fingerprint density at radius 1 is 1.24 bits per heavy atom. The zero-order valence-electron chi connectivity index (χ0n) is 18.2. The SMILES string of the molecule is CC(C)(C)OC(=O)NCCC(=O)N=C1S[C@H]2CS(=O)(=O)C[C@H]2N1c1cccc(C(F)(F)F)c1. The standard InChI is InChI=1S/C20H24F3N3O5S2/c1-19(2,3)31-18(28)24-8-7-16(27)25-17-26(14-10-33(29,30)11-15(14)32-17)13-6-4-5-12(9-13)20(21,22)23/h4-6,9,14-15H,7-8,10-11H2,1-3H3,(H,24,28)/t14-,15+/m1/s1. The van der Waals surface area contributed by atoms with Gasteiger partial charge in [0.25, 0.3) is 0 Å². The van der Waals surface area contributed by atoms with E-state index in [9.17, 15) is 31.2 Å². The van der Waals surface area contributed by atoms with Gasteiger partial charge in [-0.2, -0.15) is 18.2 Å². The molecule has 2 aliphatic heterocycles. The lowest BCUT2D eigenvalue weighted by atomic mass is 10.1. The molecule has 2 amide bonds. The number of carbonyl (C=O) groups excluding carboxylic acids is 2. The van der Waals surface area contributed by atoms with E-state index in [0.717, 1.165) is 23.9 Å². The van der Waals surface area contributed by atoms with Crippen molar-refractivity contribution in [2.75, 3.05) is 23.0 Å². The monoisotopic (exact) mass is 507 g/mol. The summed E-state index contributed by atoms with van der Waals surface area (Å²) in [6.45, 7) is 5.04. The minimum atomic E-state index is -4.58. The normalized spacial score (nSPS) is 23.5. The Balaban J connectivity index is 1.78. The number of amides is 2. The molecule has 13 heteroatoms. The highest BCUT2D eigenvalue weighted by atomic mass is 32.2. The Kier molecular flexibility index (Phi) is 7.04. The second-order valence-electron chi connectivity index (χ2n) is 8.69. The van der Waals surface area contributed by atoms with E-state index in [1.165, 1.54) is 17.0 Å². The number of aliphatic imine (C=N–C) groups is 1. The zero-order chi connectivity index (χ0) is 24.6. The molecule has 0 spiro atoms. The molecule has 182 valence electrons. The minimum Gasteiger partial charge on any atom is -0.444 e. The molecule has 0 bridgehead atoms. The summed E-state index contributed by atoms with van der Waals surface area (Å²) >= 11 is 1.06. The van der Waals surface area contributed by atoms with Gasteiger partial charge in [0.2, 0.25) is 5.91 Å². The van der Waals surface area contributed by atoms with E-state index >= 15 is 0 Å². The molecule has 8 nitrogen and oxygen atoms in total. The van der Waals surface area contributed by atoms with Crippen LogP contribution in [0, 0.1) is 0 Å². The number of halogens is 3. The van der Waals surface area contributed by atoms with Crippen molar-refractivity contribution in [1.82, 2.24) is 5.32 Å². The minimum absolute atomic E-state index is 0.0417. The summed E-state index contributed by atoms with van der Waals surface area (Å²) in [5.74, 6) is -0.993. The van der Waals surface area contributed by atoms with Crippen LogP contribution >= 0.6 is 11.8 Å². The van der Waals surface area contributed by atoms with E-state index in [1.807, 2.05) is 0 Å². The molecule has 1 aromatic carbocycles. The van der Waals surface area contributed by atoms with Gasteiger partial charge in [-0.15, -0.1) is 0 Å². The predicted octanol–water partition coefficient (Wildman–Crippen LogP) is 3.22. The Labute approximate surface area is 193 Å². The Morgan fingerprint density at radius 3 is 2.58 bits per heavy atom. The van der Waals surface area contributed by atoms with E-state index < -0.39 is 50.5 Å². The lowest BCUT2D eigenvalue weighted by molar-refractivity contribution is -0.137. The van der Waals surface area contributed by atoms with Crippen molar-refractivity contribution < 1.29 is 35.9 Å². The van der Waals surface area contributed by atoms with Crippen molar-refractivity contribution in [3.8, 4) is 0 Å². The van der Waals surface area contributed by atoms with Gasteiger partial charge < -0.3 is 15.0 Å². The highest BCUT2D eigenvalue weighted by molar-refractivity contribution is 8.16. The molecule has 1 aromatic rings. The maximum Gasteiger partial charge on any atom is 0.416 e. The second-order valence-corrected chi connectivity index (χ2v) is 12.0. The number of fused-ring (bicyclic) bond motifs is 1. The average Bonchev–Trinajstić information content (AvgIpc) is 3.10. The number of anilines is 1. The number of carbonyl (C=O) groups is 2. The molecule has 0 saturated carbocycles. The van der Waals surface area contributed by atoms with Crippen LogP contribution in [0.25, 0.3) is 0 Å². The summed E-state index contributed by atoms with van der Waals surface area (Å²) in [4.78, 5) is 29.5. The van der Waals surface area contributed by atoms with E-state index in [2.05, 4.69) is 10.3 Å². The van der Waals surface area contributed by atoms with Gasteiger partial charge >= 0.3 is 12.3 Å². The van der Waals surface area contributed by atoms with E-state index in [4.69, 9.17) is 4.74 Å². The van der Waals surface area contributed by atoms with Gasteiger partial charge in [0.15, 0.2) is 15.0 Å². The van der Waals surface area contributed by atoms with Crippen LogP contribution in [-0.4, -0.2) is 60.5 Å². The molecule has 1 N–H and O–H groups in total. The van der Waals surface area contributed by atoms with Crippen molar-refractivity contribution in [3.63, 3.8) is 0 Å². The van der Waals surface area contributed by atoms with E-state index in [0.29, 0.717) is 0 Å². The van der Waals surface area contributed by atoms with Gasteiger partial charge in [0, 0.05) is 23.9 Å². The zero-order valence-corrected chi connectivity index (χ0v) is 19.8. The first-order chi connectivity index (χ1) is 15.1. The first-order valence-electron chi connectivity index (χ1n) is 10.1. The Hall–Kier alpha value is -2.28. The van der Waals surface area contributed by atoms with Crippen molar-refractivity contribution in [2.24, 2.45) is 4.99 Å². The lowest BCUT2D eigenvalue weighted by Gasteiger charge is -2.25. The topological polar surface area (TPSA) is 105 Å². The van der Waals surface area contributed by atoms with Crippen molar-refractivity contribution in [2.45, 2.75) is 50.3 Å². The smallest absolute Gasteiger partial charge is 0.416 e. The Bertz CT molecular complexity index is 1070. The van der Waals surface area contributed by atoms with Crippen LogP contribution in [0.1, 0.15) is 32.8 Å². The number of alkyl halides is 3. The van der Waals surface area contributed by atoms with Gasteiger partial charge in [-0.05, 0) is 39.0 Å². The van der Waals surface area contributed by atoms with E-state index in [-0.39, 0.29) is 35.3 Å². The molecular weight excluding hydrogens is 483 g/mol. The second kappa shape index (κ2) is 9.16. The molecular formula is C20H24F3N3O5S2. The number of hydrogen-bond acceptors (Lipinski definition) is 6. The molecule has 3 rings (SSSR count). The Morgan fingerprint density at radius 2 is 1.94 bits per heavy atom. The number of benzene rings is 1. The third kappa shape index (κ3) is 6.62. The predicted molar refractivity (Wildman–Crippen MR) is 119 cm³/mol. The van der Waals surface area contributed by atoms with Crippen LogP contribution in [0.3, 0.4) is 0 Å². The first kappa shape index (κ1) is 25.3. The number of amidine groups is 1. The molecule has 0 aromatic heterocycles. The summed E-state index contributed by atoms with van der Waals surface area (Å²) in [5, 5.41) is 2.13. The van der Waals surface area contributed by atoms with Gasteiger partial charge in [0.1, 0.15) is 5.60 Å². The third-order valence-electron chi connectivity index (χ3n) is 4.75. The molecule has 0 radical (unpaired) electrons. The number of rotatable bonds is 4. The van der Waals surface area contributed by atoms with Crippen LogP contribution in [0.4, 0.5) is 23.7 Å². The number of ether oxygens (including phenoxy) is 1. The molecule has 2 fully saturated rings. The molecule has 2 saturated heterocycles. The number of thioether (sulfide) groups is 1. The summed E-state index contributed by atoms with van der Waals surface area (Å²) < 4.78 is 68.9. The summed E-state index contributed by atoms with van der Waals surface area (Å²) in [5.41, 5.74) is -1.47. The maximum atomic E-state index is 13.2. The summed E-state index contributed by atoms with van der Waals surface area (Å²) in [7, 11) is -3.36. The van der Waals surface area contributed by atoms with Crippen LogP contribution in [-0.2, 0) is 25.5 Å². The van der Waals surface area contributed by atoms with Crippen molar-refractivity contribution >= 4 is 44.5 Å². The number of nitrogens with zero attached hydrogens (tertiary/aromatic N) is 2. The summed E-state index contributed by atoms with van der Waals surface area (Å²) in [6, 6.07) is 3.85. The number of alkyl carbamates (subject to hydrolysis) is 1. The largest absolute Gasteiger partial charge is 0.444 e. The molecule has 2 heterocycles. The third-order valence-corrected chi connectivity index (χ3v) is 7.96. The molecule has 2 aliphatic rings. The van der Waals surface area contributed by atoms with Crippen LogP contribution < -0.4 is 10.2 Å². The lowest BCUT2D eigenvalue weighted by Crippen LogP contribution is -2.38. The van der Waals surface area contributed by atoms with Gasteiger partial charge in [0.05, 0.1) is 23.1 Å². The molecule has 2 atom stereocenters. The molecule has 0 unspecified atom stereocenters. The summed E-state index contributed by atoms with van der Waals surface area (Å²) in [6.07, 6.45) is -5.43. The molecule has 0 aliphatic carbocycles. The van der Waals surface area contributed by atoms with Gasteiger partial charge in [-0.25, -0.2) is 13.2 Å². The van der Waals surface area contributed by atoms with Crippen molar-refractivity contribution in [3.05, 3.63) is 29.8 Å². The van der Waals surface area contributed by atoms with Crippen LogP contribution in [0.5, 0.6) is 0 Å². The highest BCUT2D eigenvalue weighted by Crippen LogP contribution is 2.42. The fraction of sp³-hybridized carbons (Fsp3) is 0.550. The van der Waals surface area contributed by atoms with Crippen molar-refractivity contribution in [1.29, 1.82) is 0 Å². The van der Waals surface area contributed by atoms with Crippen LogP contribution in [0.15, 0.2) is 29.3 Å². The number of sulfone groups is 1. The fourth-order valence-corrected chi connectivity index (χ4v) is 7.38. The number of hydrogen-bond donors (Lipinski definition) is 1. The van der Waals surface area contributed by atoms with Crippen LogP contribution in [0.2, 0.25) is 0 Å². The van der Waals surface area contributed by atoms with E-state index in [1.54, 1.807) is 20.8 Å². The highest BCUT2D eigenvalue weighted by Gasteiger charge is 2.49. The molecule has 33 heavy (non-hydrogen) atoms. The van der Waals surface area contributed by atoms with Gasteiger partial charge in [-0.1, -0.05) is 17.8 Å². The quantitative estimate of drug-likeness (QED) is 0.667. The number of nitrogens with one attached hydrogen (secondary N) is 1.